The molecule has 0 saturated heterocycles. The fraction of sp³-hybridized carbons (Fsp3) is 0.281. The molecule has 7 nitrogen and oxygen atoms in total. The van der Waals surface area contributed by atoms with Crippen LogP contribution in [0, 0.1) is 13.8 Å². The Balaban J connectivity index is 1.67. The molecule has 6 rings (SSSR count). The smallest absolute Gasteiger partial charge is 0.307 e. The van der Waals surface area contributed by atoms with E-state index < -0.39 is 11.6 Å². The number of aromatic nitrogens is 3. The Morgan fingerprint density at radius 3 is 2.62 bits per heavy atom. The van der Waals surface area contributed by atoms with Crippen LogP contribution in [-0.4, -0.2) is 37.8 Å². The van der Waals surface area contributed by atoms with Crippen LogP contribution in [0.2, 0.25) is 5.02 Å². The zero-order valence-corrected chi connectivity index (χ0v) is 24.0. The summed E-state index contributed by atoms with van der Waals surface area (Å²) >= 11 is 6.42. The third-order valence-corrected chi connectivity index (χ3v) is 7.63. The van der Waals surface area contributed by atoms with Crippen molar-refractivity contribution in [3.8, 4) is 16.9 Å². The highest BCUT2D eigenvalue weighted by atomic mass is 35.5. The number of halogens is 1. The summed E-state index contributed by atoms with van der Waals surface area (Å²) in [5, 5.41) is 12.6. The molecule has 5 aromatic rings. The topological polar surface area (TPSA) is 80.5 Å². The van der Waals surface area contributed by atoms with Crippen LogP contribution in [0.5, 0.6) is 5.75 Å². The molecule has 8 heteroatoms. The van der Waals surface area contributed by atoms with Crippen molar-refractivity contribution < 1.29 is 14.6 Å². The van der Waals surface area contributed by atoms with Crippen LogP contribution in [0.1, 0.15) is 37.6 Å². The summed E-state index contributed by atoms with van der Waals surface area (Å²) < 4.78 is 8.70. The maximum atomic E-state index is 12.3. The SMILES string of the molecule is Cc1c(CC(=O)O)c(-c2ccc(Cl)cc2OC(C)(C)C)c2cc(C)n3c2c1N(c1ncc2ccccc2n1)CC3. The second-order valence-corrected chi connectivity index (χ2v) is 11.8. The van der Waals surface area contributed by atoms with Crippen molar-refractivity contribution in [3.05, 3.63) is 76.6 Å². The van der Waals surface area contributed by atoms with Crippen molar-refractivity contribution in [3.63, 3.8) is 0 Å². The van der Waals surface area contributed by atoms with E-state index in [9.17, 15) is 9.90 Å². The maximum absolute atomic E-state index is 12.3. The number of aryl methyl sites for hydroxylation is 1. The summed E-state index contributed by atoms with van der Waals surface area (Å²) in [4.78, 5) is 24.1. The summed E-state index contributed by atoms with van der Waals surface area (Å²) in [7, 11) is 0. The molecule has 0 spiro atoms. The zero-order chi connectivity index (χ0) is 28.3. The Labute approximate surface area is 238 Å². The van der Waals surface area contributed by atoms with E-state index in [1.807, 2.05) is 76.4 Å². The van der Waals surface area contributed by atoms with Gasteiger partial charge in [-0.2, -0.15) is 0 Å². The first-order chi connectivity index (χ1) is 19.0. The third kappa shape index (κ3) is 4.44. The molecule has 1 aliphatic heterocycles. The number of carbonyl (C=O) groups is 1. The number of rotatable bonds is 5. The second kappa shape index (κ2) is 9.52. The van der Waals surface area contributed by atoms with Crippen LogP contribution in [0.25, 0.3) is 32.9 Å². The Bertz CT molecular complexity index is 1820. The van der Waals surface area contributed by atoms with Crippen molar-refractivity contribution in [2.24, 2.45) is 0 Å². The Hall–Kier alpha value is -4.10. The molecule has 0 fully saturated rings. The van der Waals surface area contributed by atoms with E-state index >= 15 is 0 Å². The van der Waals surface area contributed by atoms with E-state index in [-0.39, 0.29) is 6.42 Å². The quantitative estimate of drug-likeness (QED) is 0.242. The number of hydrogen-bond acceptors (Lipinski definition) is 5. The summed E-state index contributed by atoms with van der Waals surface area (Å²) in [6.45, 7) is 11.5. The van der Waals surface area contributed by atoms with Gasteiger partial charge in [0.25, 0.3) is 0 Å². The average molecular weight is 555 g/mol. The van der Waals surface area contributed by atoms with Crippen molar-refractivity contribution in [1.29, 1.82) is 0 Å². The number of benzene rings is 3. The van der Waals surface area contributed by atoms with Crippen LogP contribution in [0.3, 0.4) is 0 Å². The lowest BCUT2D eigenvalue weighted by Crippen LogP contribution is -2.30. The second-order valence-electron chi connectivity index (χ2n) is 11.3. The highest BCUT2D eigenvalue weighted by Crippen LogP contribution is 2.48. The molecule has 3 heterocycles. The summed E-state index contributed by atoms with van der Waals surface area (Å²) in [5.41, 5.74) is 6.78. The largest absolute Gasteiger partial charge is 0.487 e. The monoisotopic (exact) mass is 554 g/mol. The van der Waals surface area contributed by atoms with Gasteiger partial charge >= 0.3 is 5.97 Å². The highest BCUT2D eigenvalue weighted by Gasteiger charge is 2.31. The molecule has 1 aliphatic rings. The van der Waals surface area contributed by atoms with Crippen LogP contribution in [0.15, 0.2) is 54.7 Å². The van der Waals surface area contributed by atoms with Crippen LogP contribution >= 0.6 is 11.6 Å². The van der Waals surface area contributed by atoms with Gasteiger partial charge in [-0.1, -0.05) is 29.8 Å². The molecule has 0 aliphatic carbocycles. The maximum Gasteiger partial charge on any atom is 0.307 e. The lowest BCUT2D eigenvalue weighted by molar-refractivity contribution is -0.136. The number of hydrogen-bond donors (Lipinski definition) is 1. The predicted octanol–water partition coefficient (Wildman–Crippen LogP) is 7.48. The lowest BCUT2D eigenvalue weighted by atomic mass is 9.88. The minimum atomic E-state index is -0.899. The predicted molar refractivity (Wildman–Crippen MR) is 160 cm³/mol. The number of carboxylic acids is 1. The van der Waals surface area contributed by atoms with Gasteiger partial charge in [0.15, 0.2) is 0 Å². The van der Waals surface area contributed by atoms with Gasteiger partial charge in [0.05, 0.1) is 23.1 Å². The minimum Gasteiger partial charge on any atom is -0.487 e. The van der Waals surface area contributed by atoms with Crippen molar-refractivity contribution in [2.75, 3.05) is 11.4 Å². The van der Waals surface area contributed by atoms with Gasteiger partial charge in [-0.25, -0.2) is 9.97 Å². The molecular weight excluding hydrogens is 524 g/mol. The van der Waals surface area contributed by atoms with E-state index in [2.05, 4.69) is 22.5 Å². The number of anilines is 2. The van der Waals surface area contributed by atoms with Crippen molar-refractivity contribution in [2.45, 2.75) is 53.2 Å². The number of carboxylic acid groups (broad SMARTS) is 1. The third-order valence-electron chi connectivity index (χ3n) is 7.40. The molecule has 2 aromatic heterocycles. The van der Waals surface area contributed by atoms with E-state index in [0.717, 1.165) is 62.0 Å². The molecule has 0 unspecified atom stereocenters. The Kier molecular flexibility index (Phi) is 6.22. The molecule has 204 valence electrons. The zero-order valence-electron chi connectivity index (χ0n) is 23.2. The fourth-order valence-electron chi connectivity index (χ4n) is 5.81. The molecular formula is C32H31ClN4O3. The van der Waals surface area contributed by atoms with E-state index in [4.69, 9.17) is 26.3 Å². The Morgan fingerprint density at radius 1 is 1.10 bits per heavy atom. The van der Waals surface area contributed by atoms with Crippen LogP contribution < -0.4 is 9.64 Å². The standard InChI is InChI=1S/C32H31ClN4O3/c1-18-14-24-28(22-11-10-21(33)15-26(22)40-32(3,4)5)23(16-27(38)39)19(2)29-30(24)36(18)12-13-37(29)31-34-17-20-8-6-7-9-25(20)35-31/h6-11,14-15,17H,12-13,16H2,1-5H3,(H,38,39). The summed E-state index contributed by atoms with van der Waals surface area (Å²) in [6, 6.07) is 15.7. The highest BCUT2D eigenvalue weighted by molar-refractivity contribution is 6.31. The summed E-state index contributed by atoms with van der Waals surface area (Å²) in [6.07, 6.45) is 1.71. The van der Waals surface area contributed by atoms with Crippen molar-refractivity contribution in [1.82, 2.24) is 14.5 Å². The number of fused-ring (bicyclic) bond motifs is 1. The first kappa shape index (κ1) is 26.1. The normalized spacial score (nSPS) is 13.3. The van der Waals surface area contributed by atoms with Crippen LogP contribution in [0.4, 0.5) is 11.6 Å². The fourth-order valence-corrected chi connectivity index (χ4v) is 5.98. The van der Waals surface area contributed by atoms with Gasteiger partial charge in [0, 0.05) is 46.3 Å². The van der Waals surface area contributed by atoms with E-state index in [1.165, 1.54) is 0 Å². The summed E-state index contributed by atoms with van der Waals surface area (Å²) in [5.74, 6) is 0.325. The van der Waals surface area contributed by atoms with Gasteiger partial charge in [-0.15, -0.1) is 0 Å². The molecule has 0 amide bonds. The van der Waals surface area contributed by atoms with Gasteiger partial charge in [0.2, 0.25) is 5.95 Å². The van der Waals surface area contributed by atoms with Gasteiger partial charge in [-0.3, -0.25) is 4.79 Å². The molecule has 0 atom stereocenters. The molecule has 0 radical (unpaired) electrons. The minimum absolute atomic E-state index is 0.141. The number of nitrogens with zero attached hydrogens (tertiary/aromatic N) is 4. The van der Waals surface area contributed by atoms with Crippen LogP contribution in [-0.2, 0) is 17.8 Å². The van der Waals surface area contributed by atoms with Crippen molar-refractivity contribution >= 4 is 51.0 Å². The lowest BCUT2D eigenvalue weighted by Gasteiger charge is -2.33. The molecule has 3 aromatic carbocycles. The molecule has 1 N–H and O–H groups in total. The number of para-hydroxylation sites is 1. The van der Waals surface area contributed by atoms with Gasteiger partial charge in [0.1, 0.15) is 11.4 Å². The van der Waals surface area contributed by atoms with Gasteiger partial charge < -0.3 is 19.3 Å². The molecule has 0 saturated carbocycles. The Morgan fingerprint density at radius 2 is 1.88 bits per heavy atom. The van der Waals surface area contributed by atoms with E-state index in [0.29, 0.717) is 23.3 Å². The average Bonchev–Trinajstić information content (AvgIpc) is 3.22. The first-order valence-corrected chi connectivity index (χ1v) is 13.7. The number of aliphatic carboxylic acids is 1. The first-order valence-electron chi connectivity index (χ1n) is 13.4. The molecule has 0 bridgehead atoms. The van der Waals surface area contributed by atoms with E-state index in [1.54, 1.807) is 0 Å². The number of ether oxygens (including phenoxy) is 1. The van der Waals surface area contributed by atoms with Gasteiger partial charge in [-0.05, 0) is 81.6 Å². The molecule has 40 heavy (non-hydrogen) atoms.